The van der Waals surface area contributed by atoms with Gasteiger partial charge in [-0.05, 0) is 49.1 Å². The molecule has 168 valence electrons. The number of hydrogen-bond donors (Lipinski definition) is 3. The van der Waals surface area contributed by atoms with E-state index in [4.69, 9.17) is 0 Å². The fourth-order valence-corrected chi connectivity index (χ4v) is 4.57. The molecular formula is C22H25N5O4S. The number of hydrazine groups is 1. The topological polar surface area (TPSA) is 122 Å². The Morgan fingerprint density at radius 2 is 1.75 bits per heavy atom. The van der Waals surface area contributed by atoms with E-state index in [0.29, 0.717) is 23.0 Å². The fraction of sp³-hybridized carbons (Fsp3) is 0.318. The van der Waals surface area contributed by atoms with Gasteiger partial charge in [-0.15, -0.1) is 0 Å². The highest BCUT2D eigenvalue weighted by molar-refractivity contribution is 7.89. The molecule has 0 spiro atoms. The number of nitrogens with zero attached hydrogens (tertiary/aromatic N) is 2. The van der Waals surface area contributed by atoms with Crippen LogP contribution in [0.2, 0.25) is 0 Å². The van der Waals surface area contributed by atoms with Gasteiger partial charge in [0.05, 0.1) is 16.0 Å². The number of sulfonamides is 1. The number of fused-ring (bicyclic) bond motifs is 1. The molecule has 0 unspecified atom stereocenters. The average molecular weight is 456 g/mol. The van der Waals surface area contributed by atoms with Gasteiger partial charge in [-0.2, -0.15) is 5.10 Å². The quantitative estimate of drug-likeness (QED) is 0.448. The van der Waals surface area contributed by atoms with Crippen molar-refractivity contribution < 1.29 is 13.2 Å². The Balaban J connectivity index is 1.53. The van der Waals surface area contributed by atoms with E-state index in [-0.39, 0.29) is 28.1 Å². The van der Waals surface area contributed by atoms with Crippen molar-refractivity contribution in [2.45, 2.75) is 44.2 Å². The van der Waals surface area contributed by atoms with Crippen molar-refractivity contribution in [3.8, 4) is 0 Å². The van der Waals surface area contributed by atoms with Crippen LogP contribution in [0, 0.1) is 5.92 Å². The molecule has 10 heteroatoms. The summed E-state index contributed by atoms with van der Waals surface area (Å²) >= 11 is 0. The standard InChI is InChI=1S/C22H25N5O4S/c1-14(2)13-27-22(29)19-6-4-3-5-18(19)20(25-27)21(28)24-23-15-9-11-17(12-10-15)32(30,31)26-16-7-8-16/h3-6,9-12,14,16,23,26H,7-8,13H2,1-2H3,(H,24,28). The van der Waals surface area contributed by atoms with Crippen LogP contribution < -0.4 is 21.1 Å². The summed E-state index contributed by atoms with van der Waals surface area (Å²) < 4.78 is 28.5. The molecule has 1 amide bonds. The lowest BCUT2D eigenvalue weighted by atomic mass is 10.1. The van der Waals surface area contributed by atoms with Crippen molar-refractivity contribution >= 4 is 32.4 Å². The van der Waals surface area contributed by atoms with E-state index in [9.17, 15) is 18.0 Å². The van der Waals surface area contributed by atoms with Crippen molar-refractivity contribution in [3.05, 3.63) is 64.6 Å². The van der Waals surface area contributed by atoms with Gasteiger partial charge in [-0.1, -0.05) is 32.0 Å². The van der Waals surface area contributed by atoms with Crippen LogP contribution in [0.4, 0.5) is 5.69 Å². The highest BCUT2D eigenvalue weighted by atomic mass is 32.2. The number of hydrogen-bond acceptors (Lipinski definition) is 6. The van der Waals surface area contributed by atoms with Gasteiger partial charge in [0.25, 0.3) is 11.5 Å². The molecule has 3 aromatic rings. The van der Waals surface area contributed by atoms with E-state index >= 15 is 0 Å². The zero-order chi connectivity index (χ0) is 22.9. The summed E-state index contributed by atoms with van der Waals surface area (Å²) in [5.41, 5.74) is 5.74. The summed E-state index contributed by atoms with van der Waals surface area (Å²) in [4.78, 5) is 25.7. The molecule has 0 bridgehead atoms. The van der Waals surface area contributed by atoms with Gasteiger partial charge < -0.3 is 0 Å². The summed E-state index contributed by atoms with van der Waals surface area (Å²) in [6, 6.07) is 12.9. The lowest BCUT2D eigenvalue weighted by molar-refractivity contribution is 0.0957. The van der Waals surface area contributed by atoms with Gasteiger partial charge >= 0.3 is 0 Å². The van der Waals surface area contributed by atoms with Gasteiger partial charge in [-0.3, -0.25) is 20.4 Å². The zero-order valence-corrected chi connectivity index (χ0v) is 18.6. The van der Waals surface area contributed by atoms with Crippen LogP contribution >= 0.6 is 0 Å². The largest absolute Gasteiger partial charge is 0.298 e. The van der Waals surface area contributed by atoms with E-state index in [2.05, 4.69) is 20.7 Å². The maximum Gasteiger partial charge on any atom is 0.290 e. The number of anilines is 1. The van der Waals surface area contributed by atoms with E-state index in [1.807, 2.05) is 13.8 Å². The maximum atomic E-state index is 12.9. The van der Waals surface area contributed by atoms with Crippen LogP contribution in [0.1, 0.15) is 37.2 Å². The third-order valence-corrected chi connectivity index (χ3v) is 6.54. The van der Waals surface area contributed by atoms with Crippen molar-refractivity contribution in [2.24, 2.45) is 5.92 Å². The number of aromatic nitrogens is 2. The van der Waals surface area contributed by atoms with Crippen LogP contribution in [-0.4, -0.2) is 30.1 Å². The summed E-state index contributed by atoms with van der Waals surface area (Å²) in [5, 5.41) is 5.18. The molecule has 0 atom stereocenters. The summed E-state index contributed by atoms with van der Waals surface area (Å²) in [6.45, 7) is 4.32. The smallest absolute Gasteiger partial charge is 0.290 e. The average Bonchev–Trinajstić information content (AvgIpc) is 3.57. The van der Waals surface area contributed by atoms with Gasteiger partial charge in [0.15, 0.2) is 5.69 Å². The number of amides is 1. The maximum absolute atomic E-state index is 12.9. The summed E-state index contributed by atoms with van der Waals surface area (Å²) in [7, 11) is -3.54. The molecule has 1 aliphatic carbocycles. The van der Waals surface area contributed by atoms with E-state index in [1.54, 1.807) is 36.4 Å². The third-order valence-electron chi connectivity index (χ3n) is 5.01. The molecule has 4 rings (SSSR count). The Morgan fingerprint density at radius 3 is 2.38 bits per heavy atom. The molecule has 1 heterocycles. The minimum absolute atomic E-state index is 0.0263. The third kappa shape index (κ3) is 4.81. The summed E-state index contributed by atoms with van der Waals surface area (Å²) in [5.74, 6) is -0.328. The SMILES string of the molecule is CC(C)Cn1nc(C(=O)NNc2ccc(S(=O)(=O)NC3CC3)cc2)c2ccccc2c1=O. The molecule has 3 N–H and O–H groups in total. The highest BCUT2D eigenvalue weighted by Crippen LogP contribution is 2.22. The minimum Gasteiger partial charge on any atom is -0.298 e. The van der Waals surface area contributed by atoms with Crippen LogP contribution in [0.5, 0.6) is 0 Å². The number of carbonyl (C=O) groups excluding carboxylic acids is 1. The van der Waals surface area contributed by atoms with E-state index < -0.39 is 15.9 Å². The lowest BCUT2D eigenvalue weighted by Gasteiger charge is -2.13. The monoisotopic (exact) mass is 455 g/mol. The van der Waals surface area contributed by atoms with Gasteiger partial charge in [0, 0.05) is 18.0 Å². The van der Waals surface area contributed by atoms with Crippen molar-refractivity contribution in [1.82, 2.24) is 19.9 Å². The Kier molecular flexibility index (Phi) is 5.98. The molecule has 32 heavy (non-hydrogen) atoms. The Bertz CT molecular complexity index is 1310. The fourth-order valence-electron chi connectivity index (χ4n) is 3.27. The first-order chi connectivity index (χ1) is 15.2. The van der Waals surface area contributed by atoms with Gasteiger partial charge in [-0.25, -0.2) is 17.8 Å². The first kappa shape index (κ1) is 22.0. The molecule has 1 aliphatic rings. The summed E-state index contributed by atoms with van der Waals surface area (Å²) in [6.07, 6.45) is 1.72. The molecule has 0 saturated heterocycles. The second kappa shape index (κ2) is 8.71. The molecule has 0 radical (unpaired) electrons. The number of benzene rings is 2. The second-order valence-corrected chi connectivity index (χ2v) is 9.99. The number of nitrogens with one attached hydrogen (secondary N) is 3. The molecular weight excluding hydrogens is 430 g/mol. The van der Waals surface area contributed by atoms with E-state index in [1.165, 1.54) is 16.8 Å². The van der Waals surface area contributed by atoms with Crippen molar-refractivity contribution in [2.75, 3.05) is 5.43 Å². The zero-order valence-electron chi connectivity index (χ0n) is 17.8. The van der Waals surface area contributed by atoms with Crippen LogP contribution in [0.3, 0.4) is 0 Å². The van der Waals surface area contributed by atoms with Crippen molar-refractivity contribution in [3.63, 3.8) is 0 Å². The minimum atomic E-state index is -3.54. The normalized spacial score (nSPS) is 14.0. The van der Waals surface area contributed by atoms with Crippen LogP contribution in [0.15, 0.2) is 58.2 Å². The van der Waals surface area contributed by atoms with Crippen molar-refractivity contribution in [1.29, 1.82) is 0 Å². The highest BCUT2D eigenvalue weighted by Gasteiger charge is 2.27. The predicted octanol–water partition coefficient (Wildman–Crippen LogP) is 2.25. The number of carbonyl (C=O) groups is 1. The first-order valence-electron chi connectivity index (χ1n) is 10.4. The van der Waals surface area contributed by atoms with Crippen LogP contribution in [0.25, 0.3) is 10.8 Å². The molecule has 2 aromatic carbocycles. The Morgan fingerprint density at radius 1 is 1.09 bits per heavy atom. The molecule has 0 aliphatic heterocycles. The Hall–Kier alpha value is -3.24. The Labute approximate surface area is 185 Å². The van der Waals surface area contributed by atoms with Crippen LogP contribution in [-0.2, 0) is 16.6 Å². The molecule has 1 saturated carbocycles. The predicted molar refractivity (Wildman–Crippen MR) is 122 cm³/mol. The number of rotatable bonds is 8. The molecule has 1 fully saturated rings. The lowest BCUT2D eigenvalue weighted by Crippen LogP contribution is -2.34. The molecule has 9 nitrogen and oxygen atoms in total. The van der Waals surface area contributed by atoms with Gasteiger partial charge in [0.2, 0.25) is 10.0 Å². The van der Waals surface area contributed by atoms with E-state index in [0.717, 1.165) is 12.8 Å². The first-order valence-corrected chi connectivity index (χ1v) is 11.9. The van der Waals surface area contributed by atoms with Gasteiger partial charge in [0.1, 0.15) is 0 Å². The second-order valence-electron chi connectivity index (χ2n) is 8.27. The molecule has 1 aromatic heterocycles.